The van der Waals surface area contributed by atoms with Crippen molar-refractivity contribution in [3.8, 4) is 0 Å². The molecule has 9 nitrogen and oxygen atoms in total. The summed E-state index contributed by atoms with van der Waals surface area (Å²) in [4.78, 5) is 12.4. The molecular formula is C41H60B32Br2FN4O5. The van der Waals surface area contributed by atoms with Gasteiger partial charge in [-0.15, -0.1) is 0 Å². The SMILES string of the molecule is CC1CCCC(C)O1.CC1CN(c2ccc(B3OC(C)(C)C(C)(C)O3)cc2)CC(C)O1.CC1CN(c2ccc(Br)cn2)CC(C)O1.Fc1ccc(Br)cn1.[B][B]B([B])B(B([B])[B])B(B(B([B])[B])B([B])[B])B(B(B([B])[B])B([B])[B])B(B([B])[B])B([B])[B]. The van der Waals surface area contributed by atoms with E-state index in [0.29, 0.717) is 12.2 Å². The molecule has 4 aliphatic heterocycles. The first-order valence-electron chi connectivity index (χ1n) is 29.2. The maximum atomic E-state index is 12.0. The van der Waals surface area contributed by atoms with Crippen LogP contribution in [0.15, 0.2) is 69.9 Å². The van der Waals surface area contributed by atoms with Crippen LogP contribution in [0.3, 0.4) is 0 Å². The number of aromatic nitrogens is 2. The quantitative estimate of drug-likeness (QED) is 0.106. The van der Waals surface area contributed by atoms with Crippen molar-refractivity contribution in [2.24, 2.45) is 0 Å². The average Bonchev–Trinajstić information content (AvgIpc) is 2.39. The van der Waals surface area contributed by atoms with Crippen LogP contribution in [0.25, 0.3) is 0 Å². The van der Waals surface area contributed by atoms with Crippen LogP contribution in [0.2, 0.25) is 0 Å². The molecule has 44 heteroatoms. The van der Waals surface area contributed by atoms with Crippen molar-refractivity contribution in [3.05, 3.63) is 75.8 Å². The zero-order valence-electron chi connectivity index (χ0n) is 51.6. The van der Waals surface area contributed by atoms with Crippen LogP contribution >= 0.6 is 31.9 Å². The number of ether oxygens (including phenoxy) is 3. The van der Waals surface area contributed by atoms with Gasteiger partial charge in [0.1, 0.15) is 5.82 Å². The van der Waals surface area contributed by atoms with Crippen molar-refractivity contribution in [2.75, 3.05) is 36.0 Å². The molecule has 6 unspecified atom stereocenters. The molecule has 0 spiro atoms. The van der Waals surface area contributed by atoms with Crippen LogP contribution < -0.4 is 15.3 Å². The highest BCUT2D eigenvalue weighted by Crippen LogP contribution is 2.36. The van der Waals surface area contributed by atoms with Crippen LogP contribution in [-0.2, 0) is 23.5 Å². The standard InChI is InChI=1S/C18H28BNO3.C11H15BrN2O.C7H14O.C5H3BrFN.B31/c1-13-11-20(12-14(2)21-13)16-9-7-15(8-10-16)19-22-17(3,4)18(5,6)23-19;1-8-6-14(7-9(2)15-8)11-4-3-10(12)5-13-11;1-6-4-3-5-7(2)8-6;6-4-1-2-5(7)8-3-4;1-17-25(16)29(24(14)15)31(28(22(10)11)23(12)13)30(26(18(2)3)19(4)5)27(20(6)7)21(8)9/h7-10,13-14H,11-12H2,1-6H3;3-5,8-9H,6-7H2,1-2H3;6-7H,3-5H2,1-2H3;1-3H;. The predicted octanol–water partition coefficient (Wildman–Crippen LogP) is -2.80. The summed E-state index contributed by atoms with van der Waals surface area (Å²) < 4.78 is 43.0. The molecular weight excluding hydrogens is 1150 g/mol. The fraction of sp³-hybridized carbons (Fsp3) is 0.610. The lowest BCUT2D eigenvalue weighted by Gasteiger charge is -2.50. The highest BCUT2D eigenvalue weighted by atomic mass is 79.9. The van der Waals surface area contributed by atoms with Crippen molar-refractivity contribution in [3.63, 3.8) is 0 Å². The second-order valence-electron chi connectivity index (χ2n) is 24.1. The van der Waals surface area contributed by atoms with Crippen molar-refractivity contribution in [1.82, 2.24) is 9.97 Å². The molecule has 0 saturated carbocycles. The van der Waals surface area contributed by atoms with Gasteiger partial charge >= 0.3 is 7.12 Å². The average molecular weight is 1210 g/mol. The van der Waals surface area contributed by atoms with E-state index in [1.807, 2.05) is 18.3 Å². The summed E-state index contributed by atoms with van der Waals surface area (Å²) in [5.74, 6) is 0.577. The molecule has 0 amide bonds. The lowest BCUT2D eigenvalue weighted by atomic mass is 8.31. The summed E-state index contributed by atoms with van der Waals surface area (Å²) in [6.45, 7) is 24.8. The van der Waals surface area contributed by atoms with E-state index in [1.165, 1.54) is 44.3 Å². The molecule has 4 saturated heterocycles. The molecule has 0 bridgehead atoms. The largest absolute Gasteiger partial charge is 0.494 e. The summed E-state index contributed by atoms with van der Waals surface area (Å²) in [6, 6.07) is 15.5. The van der Waals surface area contributed by atoms with Gasteiger partial charge in [0, 0.05) is 273 Å². The molecule has 33 radical (unpaired) electrons. The first-order chi connectivity index (χ1) is 39.5. The molecule has 1 aromatic carbocycles. The zero-order chi connectivity index (χ0) is 64.4. The third-order valence-corrected chi connectivity index (χ3v) is 17.0. The van der Waals surface area contributed by atoms with E-state index in [9.17, 15) is 4.39 Å². The van der Waals surface area contributed by atoms with Crippen LogP contribution in [0.4, 0.5) is 15.9 Å². The Morgan fingerprint density at radius 1 is 0.494 bits per heavy atom. The minimum absolute atomic E-state index is 0.265. The predicted molar refractivity (Wildman–Crippen MR) is 403 cm³/mol. The van der Waals surface area contributed by atoms with Crippen molar-refractivity contribution >= 4 is 276 Å². The highest BCUT2D eigenvalue weighted by Gasteiger charge is 2.54. The topological polar surface area (TPSA) is 78.4 Å². The van der Waals surface area contributed by atoms with Gasteiger partial charge in [-0.3, -0.25) is 0 Å². The Morgan fingerprint density at radius 2 is 0.847 bits per heavy atom. The van der Waals surface area contributed by atoms with E-state index in [0.717, 1.165) is 46.4 Å². The van der Waals surface area contributed by atoms with Crippen LogP contribution in [0.1, 0.15) is 88.5 Å². The maximum Gasteiger partial charge on any atom is 0.494 e. The third kappa shape index (κ3) is 25.4. The fourth-order valence-corrected chi connectivity index (χ4v) is 11.9. The summed E-state index contributed by atoms with van der Waals surface area (Å²) in [5.41, 5.74) is 1.70. The Labute approximate surface area is 557 Å². The molecule has 4 fully saturated rings. The second kappa shape index (κ2) is 37.6. The van der Waals surface area contributed by atoms with Crippen LogP contribution in [0, 0.1) is 5.95 Å². The summed E-state index contributed by atoms with van der Waals surface area (Å²) >= 11 is 6.50. The van der Waals surface area contributed by atoms with Crippen LogP contribution in [-0.4, -0.2) is 311 Å². The molecule has 0 N–H and O–H groups in total. The molecule has 85 heavy (non-hydrogen) atoms. The molecule has 391 valence electrons. The Hall–Kier alpha value is -0.112. The van der Waals surface area contributed by atoms with Gasteiger partial charge in [0.2, 0.25) is 5.95 Å². The first kappa shape index (κ1) is 79.1. The fourth-order valence-electron chi connectivity index (χ4n) is 11.5. The molecule has 7 rings (SSSR count). The lowest BCUT2D eigenvalue weighted by molar-refractivity contribution is -0.0292. The normalized spacial score (nSPS) is 20.8. The maximum absolute atomic E-state index is 12.0. The monoisotopic (exact) mass is 1220 g/mol. The lowest BCUT2D eigenvalue weighted by Crippen LogP contribution is -2.89. The number of nitrogens with zero attached hydrogens (tertiary/aromatic N) is 4. The molecule has 3 aromatic rings. The molecule has 4 aliphatic rings. The van der Waals surface area contributed by atoms with Gasteiger partial charge in [0.25, 0.3) is 0 Å². The first-order valence-corrected chi connectivity index (χ1v) is 30.8. The van der Waals surface area contributed by atoms with Crippen molar-refractivity contribution in [2.45, 2.75) is 136 Å². The summed E-state index contributed by atoms with van der Waals surface area (Å²) in [6.07, 6.45) is -4.19. The summed E-state index contributed by atoms with van der Waals surface area (Å²) in [7, 11) is 97.8. The highest BCUT2D eigenvalue weighted by molar-refractivity contribution is 9.10. The van der Waals surface area contributed by atoms with Gasteiger partial charge in [0.05, 0.1) is 47.8 Å². The number of rotatable bonds is 17. The van der Waals surface area contributed by atoms with E-state index in [1.54, 1.807) is 6.07 Å². The minimum Gasteiger partial charge on any atom is -0.399 e. The van der Waals surface area contributed by atoms with Gasteiger partial charge in [-0.1, -0.05) is 12.1 Å². The molecule has 0 aliphatic carbocycles. The van der Waals surface area contributed by atoms with Gasteiger partial charge < -0.3 is 33.3 Å². The van der Waals surface area contributed by atoms with E-state index in [4.69, 9.17) is 147 Å². The number of halogens is 3. The van der Waals surface area contributed by atoms with E-state index < -0.39 is 95.3 Å². The Balaban J connectivity index is 0.000000303. The summed E-state index contributed by atoms with van der Waals surface area (Å²) in [5, 5.41) is 0. The minimum atomic E-state index is -1.07. The number of morpholine rings is 2. The third-order valence-electron chi connectivity index (χ3n) is 16.0. The van der Waals surface area contributed by atoms with Gasteiger partial charge in [-0.25, -0.2) is 9.97 Å². The Bertz CT molecular complexity index is 2240. The Morgan fingerprint density at radius 3 is 1.15 bits per heavy atom. The number of hydrogen-bond acceptors (Lipinski definition) is 9. The molecule has 6 heterocycles. The number of anilines is 2. The van der Waals surface area contributed by atoms with E-state index >= 15 is 0 Å². The van der Waals surface area contributed by atoms with Gasteiger partial charge in [0.15, 0.2) is 0 Å². The van der Waals surface area contributed by atoms with Gasteiger partial charge in [-0.2, -0.15) is 4.39 Å². The van der Waals surface area contributed by atoms with Crippen molar-refractivity contribution in [1.29, 1.82) is 0 Å². The molecule has 6 atom stereocenters. The second-order valence-corrected chi connectivity index (χ2v) is 25.9. The van der Waals surface area contributed by atoms with E-state index in [-0.39, 0.29) is 42.7 Å². The zero-order valence-corrected chi connectivity index (χ0v) is 54.8. The van der Waals surface area contributed by atoms with E-state index in [2.05, 4.69) is 145 Å². The number of pyridine rings is 2. The smallest absolute Gasteiger partial charge is 0.399 e. The Kier molecular flexibility index (Phi) is 35.0. The number of benzene rings is 1. The van der Waals surface area contributed by atoms with Crippen molar-refractivity contribution < 1.29 is 27.9 Å². The number of hydrogen-bond donors (Lipinski definition) is 0. The van der Waals surface area contributed by atoms with Gasteiger partial charge in [-0.05, 0) is 162 Å². The van der Waals surface area contributed by atoms with Crippen LogP contribution in [0.5, 0.6) is 0 Å². The molecule has 2 aromatic heterocycles.